The van der Waals surface area contributed by atoms with Crippen LogP contribution in [0.5, 0.6) is 11.5 Å². The van der Waals surface area contributed by atoms with Gasteiger partial charge in [-0.1, -0.05) is 36.4 Å². The highest BCUT2D eigenvalue weighted by Gasteiger charge is 2.29. The number of ether oxygens (including phenoxy) is 2. The van der Waals surface area contributed by atoms with Crippen molar-refractivity contribution < 1.29 is 9.47 Å². The molecule has 0 saturated carbocycles. The van der Waals surface area contributed by atoms with E-state index in [1.165, 1.54) is 0 Å². The lowest BCUT2D eigenvalue weighted by atomic mass is 10.3. The number of hydrogen-bond acceptors (Lipinski definition) is 2. The summed E-state index contributed by atoms with van der Waals surface area (Å²) in [6, 6.07) is 18.0. The molecule has 0 radical (unpaired) electrons. The zero-order valence-corrected chi connectivity index (χ0v) is 10.4. The van der Waals surface area contributed by atoms with Gasteiger partial charge in [0.05, 0.1) is 0 Å². The van der Waals surface area contributed by atoms with Crippen LogP contribution in [-0.4, -0.2) is 4.71 Å². The largest absolute Gasteiger partial charge is 0.427 e. The van der Waals surface area contributed by atoms with E-state index in [1.807, 2.05) is 36.4 Å². The summed E-state index contributed by atoms with van der Waals surface area (Å²) >= 11 is 11.9. The molecule has 88 valence electrons. The molecular formula is C13H10Cl2O2. The smallest absolute Gasteiger partial charge is 0.419 e. The highest BCUT2D eigenvalue weighted by Crippen LogP contribution is 2.29. The molecule has 0 spiro atoms. The Morgan fingerprint density at radius 2 is 1.00 bits per heavy atom. The number of alkyl halides is 2. The van der Waals surface area contributed by atoms with E-state index in [2.05, 4.69) is 0 Å². The molecular weight excluding hydrogens is 259 g/mol. The Balaban J connectivity index is 2.04. The molecule has 0 saturated heterocycles. The van der Waals surface area contributed by atoms with Crippen molar-refractivity contribution in [2.45, 2.75) is 4.71 Å². The first-order valence-corrected chi connectivity index (χ1v) is 5.77. The second-order valence-corrected chi connectivity index (χ2v) is 4.48. The Labute approximate surface area is 110 Å². The lowest BCUT2D eigenvalue weighted by molar-refractivity contribution is 0.0371. The Kier molecular flexibility index (Phi) is 3.77. The zero-order valence-electron chi connectivity index (χ0n) is 8.85. The molecule has 0 aliphatic rings. The van der Waals surface area contributed by atoms with Gasteiger partial charge in [0.1, 0.15) is 11.5 Å². The molecule has 0 aromatic heterocycles. The van der Waals surface area contributed by atoms with Crippen LogP contribution in [0.4, 0.5) is 0 Å². The summed E-state index contributed by atoms with van der Waals surface area (Å²) in [5.41, 5.74) is 0. The highest BCUT2D eigenvalue weighted by molar-refractivity contribution is 6.46. The van der Waals surface area contributed by atoms with Crippen LogP contribution < -0.4 is 9.47 Å². The molecule has 2 aromatic rings. The van der Waals surface area contributed by atoms with E-state index in [0.717, 1.165) is 0 Å². The minimum atomic E-state index is -1.75. The van der Waals surface area contributed by atoms with Gasteiger partial charge in [-0.05, 0) is 47.5 Å². The van der Waals surface area contributed by atoms with Crippen LogP contribution in [0.3, 0.4) is 0 Å². The van der Waals surface area contributed by atoms with Crippen LogP contribution in [0.2, 0.25) is 0 Å². The first-order chi connectivity index (χ1) is 8.16. The normalized spacial score (nSPS) is 10.9. The van der Waals surface area contributed by atoms with Crippen LogP contribution in [0.25, 0.3) is 0 Å². The van der Waals surface area contributed by atoms with E-state index in [4.69, 9.17) is 32.7 Å². The molecule has 2 aromatic carbocycles. The summed E-state index contributed by atoms with van der Waals surface area (Å²) in [6.45, 7) is 0. The Morgan fingerprint density at radius 1 is 0.647 bits per heavy atom. The molecule has 2 rings (SSSR count). The number of para-hydroxylation sites is 2. The third-order valence-electron chi connectivity index (χ3n) is 1.96. The third-order valence-corrected chi connectivity index (χ3v) is 2.27. The van der Waals surface area contributed by atoms with E-state index in [9.17, 15) is 0 Å². The van der Waals surface area contributed by atoms with Gasteiger partial charge in [0.25, 0.3) is 0 Å². The van der Waals surface area contributed by atoms with Gasteiger partial charge in [0.15, 0.2) is 0 Å². The first kappa shape index (κ1) is 12.1. The lowest BCUT2D eigenvalue weighted by Crippen LogP contribution is -2.29. The van der Waals surface area contributed by atoms with Crippen molar-refractivity contribution in [2.24, 2.45) is 0 Å². The maximum Gasteiger partial charge on any atom is 0.419 e. The summed E-state index contributed by atoms with van der Waals surface area (Å²) in [6.07, 6.45) is 0. The number of rotatable bonds is 4. The molecule has 0 unspecified atom stereocenters. The average Bonchev–Trinajstić information content (AvgIpc) is 2.30. The van der Waals surface area contributed by atoms with E-state index in [1.54, 1.807) is 24.3 Å². The van der Waals surface area contributed by atoms with Crippen LogP contribution in [0.1, 0.15) is 0 Å². The van der Waals surface area contributed by atoms with Gasteiger partial charge in [-0.3, -0.25) is 0 Å². The predicted molar refractivity (Wildman–Crippen MR) is 68.6 cm³/mol. The highest BCUT2D eigenvalue weighted by atomic mass is 35.5. The topological polar surface area (TPSA) is 18.5 Å². The van der Waals surface area contributed by atoms with Crippen molar-refractivity contribution in [3.8, 4) is 11.5 Å². The van der Waals surface area contributed by atoms with Crippen molar-refractivity contribution in [3.05, 3.63) is 60.7 Å². The molecule has 17 heavy (non-hydrogen) atoms. The van der Waals surface area contributed by atoms with Gasteiger partial charge in [-0.15, -0.1) is 0 Å². The van der Waals surface area contributed by atoms with E-state index >= 15 is 0 Å². The quantitative estimate of drug-likeness (QED) is 0.610. The van der Waals surface area contributed by atoms with Crippen molar-refractivity contribution in [2.75, 3.05) is 0 Å². The molecule has 2 nitrogen and oxygen atoms in total. The number of benzene rings is 2. The van der Waals surface area contributed by atoms with Crippen LogP contribution in [0.15, 0.2) is 60.7 Å². The predicted octanol–water partition coefficient (Wildman–Crippen LogP) is 4.23. The minimum Gasteiger partial charge on any atom is -0.427 e. The molecule has 0 amide bonds. The van der Waals surface area contributed by atoms with Crippen LogP contribution >= 0.6 is 23.2 Å². The second kappa shape index (κ2) is 5.30. The summed E-state index contributed by atoms with van der Waals surface area (Å²) in [7, 11) is 0. The molecule has 0 atom stereocenters. The van der Waals surface area contributed by atoms with E-state index < -0.39 is 4.71 Å². The fraction of sp³-hybridized carbons (Fsp3) is 0.0769. The Hall–Kier alpha value is -1.38. The minimum absolute atomic E-state index is 0.536. The van der Waals surface area contributed by atoms with E-state index in [-0.39, 0.29) is 0 Å². The van der Waals surface area contributed by atoms with Crippen molar-refractivity contribution >= 4 is 23.2 Å². The van der Waals surface area contributed by atoms with Crippen molar-refractivity contribution in [3.63, 3.8) is 0 Å². The summed E-state index contributed by atoms with van der Waals surface area (Å²) in [5.74, 6) is 1.07. The molecule has 0 N–H and O–H groups in total. The fourth-order valence-corrected chi connectivity index (χ4v) is 1.63. The van der Waals surface area contributed by atoms with Crippen LogP contribution in [-0.2, 0) is 0 Å². The van der Waals surface area contributed by atoms with Gasteiger partial charge < -0.3 is 9.47 Å². The van der Waals surface area contributed by atoms with Gasteiger partial charge in [0.2, 0.25) is 0 Å². The maximum absolute atomic E-state index is 5.93. The summed E-state index contributed by atoms with van der Waals surface area (Å²) in [4.78, 5) is 0. The molecule has 0 aliphatic heterocycles. The Morgan fingerprint density at radius 3 is 1.35 bits per heavy atom. The van der Waals surface area contributed by atoms with Gasteiger partial charge >= 0.3 is 4.71 Å². The number of hydrogen-bond donors (Lipinski definition) is 0. The molecule has 0 fully saturated rings. The number of halogens is 2. The Bertz CT molecular complexity index is 414. The average molecular weight is 269 g/mol. The molecule has 0 heterocycles. The second-order valence-electron chi connectivity index (χ2n) is 3.29. The van der Waals surface area contributed by atoms with Crippen LogP contribution in [0, 0.1) is 0 Å². The summed E-state index contributed by atoms with van der Waals surface area (Å²) < 4.78 is 8.88. The van der Waals surface area contributed by atoms with Gasteiger partial charge in [-0.2, -0.15) is 0 Å². The van der Waals surface area contributed by atoms with Gasteiger partial charge in [0, 0.05) is 0 Å². The standard InChI is InChI=1S/C13H10Cl2O2/c14-13(15,16-11-7-3-1-4-8-11)17-12-9-5-2-6-10-12/h1-10H. The SMILES string of the molecule is ClC(Cl)(Oc1ccccc1)Oc1ccccc1. The third kappa shape index (κ3) is 3.84. The van der Waals surface area contributed by atoms with Crippen molar-refractivity contribution in [1.29, 1.82) is 0 Å². The summed E-state index contributed by atoms with van der Waals surface area (Å²) in [5, 5.41) is 0. The zero-order chi connectivity index (χ0) is 12.1. The lowest BCUT2D eigenvalue weighted by Gasteiger charge is -2.21. The van der Waals surface area contributed by atoms with Gasteiger partial charge in [-0.25, -0.2) is 0 Å². The monoisotopic (exact) mass is 268 g/mol. The van der Waals surface area contributed by atoms with E-state index in [0.29, 0.717) is 11.5 Å². The molecule has 0 bridgehead atoms. The molecule has 0 aliphatic carbocycles. The fourth-order valence-electron chi connectivity index (χ4n) is 1.27. The first-order valence-electron chi connectivity index (χ1n) is 5.02. The molecule has 4 heteroatoms. The van der Waals surface area contributed by atoms with Crippen molar-refractivity contribution in [1.82, 2.24) is 0 Å². The maximum atomic E-state index is 5.93.